The minimum Gasteiger partial charge on any atom is -0.494 e. The van der Waals surface area contributed by atoms with Gasteiger partial charge in [0.25, 0.3) is 0 Å². The molecule has 0 aliphatic rings. The van der Waals surface area contributed by atoms with Crippen molar-refractivity contribution in [2.75, 3.05) is 19.8 Å². The van der Waals surface area contributed by atoms with E-state index in [2.05, 4.69) is 73.1 Å². The van der Waals surface area contributed by atoms with E-state index in [1.165, 1.54) is 32.0 Å². The lowest BCUT2D eigenvalue weighted by Gasteiger charge is -2.33. The Morgan fingerprint density at radius 2 is 1.17 bits per heavy atom. The van der Waals surface area contributed by atoms with Crippen molar-refractivity contribution in [1.29, 1.82) is 0 Å². The second-order valence-corrected chi connectivity index (χ2v) is 30.6. The molecule has 2 aromatic heterocycles. The zero-order chi connectivity index (χ0) is 88.5. The number of nitrogens with one attached hydrogen (secondary N) is 8. The minimum atomic E-state index is -2.14. The third-order valence-corrected chi connectivity index (χ3v) is 20.4. The number of nitrogens with zero attached hydrogens (tertiary/aromatic N) is 6. The van der Waals surface area contributed by atoms with Crippen LogP contribution >= 0.6 is 0 Å². The van der Waals surface area contributed by atoms with E-state index in [1.807, 2.05) is 69.3 Å². The molecule has 0 spiro atoms. The number of aromatic nitrogens is 8. The number of aliphatic carboxylic acids is 1. The lowest BCUT2D eigenvalue weighted by Crippen LogP contribution is -2.55. The van der Waals surface area contributed by atoms with Gasteiger partial charge in [-0.3, -0.25) is 67.1 Å². The summed E-state index contributed by atoms with van der Waals surface area (Å²) in [5, 5.41) is 84.7. The Bertz CT molecular complexity index is 4490. The number of halogens is 1. The van der Waals surface area contributed by atoms with E-state index < -0.39 is 230 Å². The summed E-state index contributed by atoms with van der Waals surface area (Å²) >= 11 is 0. The molecule has 0 fully saturated rings. The van der Waals surface area contributed by atoms with Crippen LogP contribution in [0.25, 0.3) is 11.1 Å². The van der Waals surface area contributed by atoms with Crippen molar-refractivity contribution in [3.63, 3.8) is 0 Å². The van der Waals surface area contributed by atoms with Gasteiger partial charge in [0.1, 0.15) is 29.7 Å². The molecule has 37 nitrogen and oxygen atoms in total. The molecule has 650 valence electrons. The van der Waals surface area contributed by atoms with Crippen molar-refractivity contribution in [3.8, 4) is 16.9 Å². The van der Waals surface area contributed by atoms with Gasteiger partial charge in [-0.05, 0) is 144 Å². The number of carbonyl (C=O) groups is 14. The standard InChI is InChI=1S/C82H111FN18O19/c1-8-51-35-56(120-29-12-11-28-84)22-23-57(51)52-20-18-49(19-21-52)34-54(78(116)88-60(76(87)114)17-13-14-50-31-44(2)30-45(3)32-50)36-66(107)63(40-73(112)113)90-79(117)55(43-102)37-67(108)74(47(5)103)93-81(119)82(7,41-53-15-9-10-16-58(53)83)42-68(109)75(48(6)104)92-72(111)27-25-64(105)61(38-70-94-98-99-95-70)89-77(115)46(4)33-65(106)62(39-71-96-100-101-97-71)91-80(118)59(85)24-26-69(86)110/h9-10,15-16,18-23,30-32,35,46-48,54-55,59-63,74-75,102-104H,8,11-14,17,24-29,33-34,36-43,84-85H2,1-7H3,(H2,86,110)(H2,87,114)(H,88,116)(H,89,115)(H,90,117)(H,91,118)(H,92,111)(H,93,119)(H,112,113)(H,94,95,98,99)(H,96,97,100,101)/t46-,47-,48-,54-,55+,59+,60+,61+,62+,63+,74+,75+,82-/m1/s1. The lowest BCUT2D eigenvalue weighted by atomic mass is 9.76. The number of unbranched alkanes of at least 4 members (excludes halogenated alkanes) is 1. The number of hydrogen-bond donors (Lipinski definition) is 16. The summed E-state index contributed by atoms with van der Waals surface area (Å²) in [7, 11) is 0. The van der Waals surface area contributed by atoms with E-state index >= 15 is 4.39 Å². The van der Waals surface area contributed by atoms with Crippen LogP contribution in [0.3, 0.4) is 0 Å². The molecule has 0 aliphatic carbocycles. The first-order chi connectivity index (χ1) is 56.9. The third-order valence-electron chi connectivity index (χ3n) is 20.4. The van der Waals surface area contributed by atoms with Crippen LogP contribution in [0.2, 0.25) is 0 Å². The fourth-order valence-electron chi connectivity index (χ4n) is 13.7. The van der Waals surface area contributed by atoms with E-state index in [-0.39, 0.29) is 49.3 Å². The van der Waals surface area contributed by atoms with Gasteiger partial charge < -0.3 is 80.0 Å². The quantitative estimate of drug-likeness (QED) is 0.0230. The second-order valence-electron chi connectivity index (χ2n) is 30.6. The van der Waals surface area contributed by atoms with Crippen LogP contribution in [0.4, 0.5) is 4.39 Å². The lowest BCUT2D eigenvalue weighted by molar-refractivity contribution is -0.142. The number of carboxylic acid groups (broad SMARTS) is 1. The highest BCUT2D eigenvalue weighted by Crippen LogP contribution is 2.33. The van der Waals surface area contributed by atoms with Gasteiger partial charge in [-0.25, -0.2) is 4.39 Å². The number of rotatable bonds is 55. The smallest absolute Gasteiger partial charge is 0.305 e. The number of tetrazole rings is 2. The van der Waals surface area contributed by atoms with Crippen molar-refractivity contribution in [2.45, 2.75) is 225 Å². The fraction of sp³-hybridized carbons (Fsp3) is 0.512. The van der Waals surface area contributed by atoms with Crippen molar-refractivity contribution in [3.05, 3.63) is 136 Å². The number of carboxylic acids is 1. The molecule has 0 aliphatic heterocycles. The first-order valence-electron chi connectivity index (χ1n) is 39.7. The van der Waals surface area contributed by atoms with E-state index in [0.717, 1.165) is 66.1 Å². The number of benzene rings is 4. The summed E-state index contributed by atoms with van der Waals surface area (Å²) in [6, 6.07) is 13.0. The van der Waals surface area contributed by atoms with E-state index in [9.17, 15) is 87.5 Å². The van der Waals surface area contributed by atoms with Gasteiger partial charge in [-0.15, -0.1) is 20.4 Å². The summed E-state index contributed by atoms with van der Waals surface area (Å²) in [6.45, 7) is 10.5. The maximum absolute atomic E-state index is 15.6. The third kappa shape index (κ3) is 31.1. The highest BCUT2D eigenvalue weighted by Gasteiger charge is 2.43. The van der Waals surface area contributed by atoms with Gasteiger partial charge in [0.05, 0.1) is 67.3 Å². The zero-order valence-corrected chi connectivity index (χ0v) is 68.4. The normalized spacial score (nSPS) is 14.8. The molecule has 13 atom stereocenters. The topological polar surface area (TPSA) is 614 Å². The Hall–Kier alpha value is -11.9. The number of aliphatic hydroxyl groups is 3. The number of H-pyrrole nitrogens is 2. The Balaban J connectivity index is 1.16. The number of carbonyl (C=O) groups excluding carboxylic acids is 13. The molecule has 0 unspecified atom stereocenters. The van der Waals surface area contributed by atoms with Crippen LogP contribution in [0.1, 0.15) is 163 Å². The number of nitrogens with two attached hydrogens (primary N) is 4. The SMILES string of the molecule is CCc1cc(OCCCCN)ccc1-c1ccc(C[C@H](CC(=O)[C@H](CC(=O)O)NC(=O)[C@H](CO)CC(=O)[C@@H](NC(=O)[C@@](C)(CC(=O)[C@@H](NC(=O)CCC(=O)[C@H](Cc2nn[nH]n2)NC(=O)[C@H](C)CC(=O)[C@H](Cc2nn[nH]n2)NC(=O)[C@@H](N)CCC(N)=O)[C@@H](C)O)Cc2ccccc2F)[C@@H](C)O)C(=O)N[C@@H](CCCc2cc(C)cc(C)c2)C(N)=O)cc1. The number of Topliss-reactive ketones (excluding diaryl/α,β-unsaturated/α-hetero) is 5. The average molecular weight is 1670 g/mol. The van der Waals surface area contributed by atoms with Gasteiger partial charge >= 0.3 is 5.97 Å². The largest absolute Gasteiger partial charge is 0.494 e. The molecule has 2 heterocycles. The van der Waals surface area contributed by atoms with Crippen LogP contribution in [-0.2, 0) is 106 Å². The van der Waals surface area contributed by atoms with Crippen LogP contribution in [0, 0.1) is 42.8 Å². The van der Waals surface area contributed by atoms with Gasteiger partial charge in [0.15, 0.2) is 40.6 Å². The number of aryl methyl sites for hydroxylation is 4. The number of primary amides is 2. The fourth-order valence-corrected chi connectivity index (χ4v) is 13.7. The van der Waals surface area contributed by atoms with E-state index in [0.29, 0.717) is 43.7 Å². The number of hydrogen-bond acceptors (Lipinski definition) is 26. The van der Waals surface area contributed by atoms with Crippen molar-refractivity contribution >= 4 is 82.1 Å². The van der Waals surface area contributed by atoms with Crippen molar-refractivity contribution in [2.24, 2.45) is 46.1 Å². The Labute approximate surface area is 692 Å². The zero-order valence-electron chi connectivity index (χ0n) is 68.4. The van der Waals surface area contributed by atoms with Crippen molar-refractivity contribution in [1.82, 2.24) is 73.1 Å². The van der Waals surface area contributed by atoms with Crippen LogP contribution < -0.4 is 59.6 Å². The molecule has 38 heteroatoms. The maximum atomic E-state index is 15.6. The molecule has 4 aromatic carbocycles. The number of aliphatic hydroxyl groups excluding tert-OH is 3. The summed E-state index contributed by atoms with van der Waals surface area (Å²) in [5.41, 5.74) is 26.7. The molecule has 20 N–H and O–H groups in total. The first-order valence-corrected chi connectivity index (χ1v) is 39.7. The van der Waals surface area contributed by atoms with Gasteiger partial charge in [-0.2, -0.15) is 10.4 Å². The van der Waals surface area contributed by atoms with Gasteiger partial charge in [0.2, 0.25) is 47.3 Å². The molecule has 0 radical (unpaired) electrons. The Kier molecular flexibility index (Phi) is 38.5. The Morgan fingerprint density at radius 1 is 0.583 bits per heavy atom. The van der Waals surface area contributed by atoms with Crippen LogP contribution in [0.15, 0.2) is 84.9 Å². The van der Waals surface area contributed by atoms with Crippen LogP contribution in [-0.4, -0.2) is 218 Å². The molecule has 6 rings (SSSR count). The number of ether oxygens (including phenoxy) is 1. The minimum absolute atomic E-state index is 0.00382. The van der Waals surface area contributed by atoms with Gasteiger partial charge in [-0.1, -0.05) is 109 Å². The number of aromatic amines is 2. The number of ketones is 5. The summed E-state index contributed by atoms with van der Waals surface area (Å²) < 4.78 is 21.6. The first kappa shape index (κ1) is 97.0. The second kappa shape index (κ2) is 47.7. The highest BCUT2D eigenvalue weighted by molar-refractivity contribution is 6.00. The van der Waals surface area contributed by atoms with E-state index in [4.69, 9.17) is 27.7 Å². The van der Waals surface area contributed by atoms with Gasteiger partial charge in [0, 0.05) is 69.6 Å². The molecule has 120 heavy (non-hydrogen) atoms. The molecular formula is C82H111FN18O19. The predicted molar refractivity (Wildman–Crippen MR) is 430 cm³/mol. The molecule has 8 amide bonds. The summed E-state index contributed by atoms with van der Waals surface area (Å²) in [5.74, 6) is -18.3. The maximum Gasteiger partial charge on any atom is 0.305 e. The average Bonchev–Trinajstić information content (AvgIpc) is 0.890. The monoisotopic (exact) mass is 1670 g/mol. The molecule has 0 saturated carbocycles. The summed E-state index contributed by atoms with van der Waals surface area (Å²) in [6.07, 6.45) is -7.72. The van der Waals surface area contributed by atoms with Crippen LogP contribution in [0.5, 0.6) is 5.75 Å². The van der Waals surface area contributed by atoms with E-state index in [1.54, 1.807) is 12.1 Å². The summed E-state index contributed by atoms with van der Waals surface area (Å²) in [4.78, 5) is 193. The van der Waals surface area contributed by atoms with Crippen molar-refractivity contribution < 1.29 is 96.7 Å². The Morgan fingerprint density at radius 3 is 1.74 bits per heavy atom. The molecule has 6 aromatic rings. The molecular weight excluding hydrogens is 1560 g/mol. The molecule has 0 bridgehead atoms. The molecule has 0 saturated heterocycles. The number of amides is 8. The predicted octanol–water partition coefficient (Wildman–Crippen LogP) is 0.386. The highest BCUT2D eigenvalue weighted by atomic mass is 19.1.